The summed E-state index contributed by atoms with van der Waals surface area (Å²) in [5.74, 6) is 1.90. The highest BCUT2D eigenvalue weighted by Gasteiger charge is 2.18. The summed E-state index contributed by atoms with van der Waals surface area (Å²) in [4.78, 5) is 0. The molecule has 0 heterocycles. The normalized spacial score (nSPS) is 26.2. The van der Waals surface area contributed by atoms with Crippen molar-refractivity contribution < 1.29 is 0 Å². The Labute approximate surface area is 102 Å². The van der Waals surface area contributed by atoms with Crippen LogP contribution in [0.5, 0.6) is 0 Å². The fourth-order valence-corrected chi connectivity index (χ4v) is 2.76. The van der Waals surface area contributed by atoms with Crippen LogP contribution in [-0.4, -0.2) is 12.6 Å². The Morgan fingerprint density at radius 1 is 1.06 bits per heavy atom. The van der Waals surface area contributed by atoms with E-state index in [4.69, 9.17) is 0 Å². The van der Waals surface area contributed by atoms with Gasteiger partial charge in [0.15, 0.2) is 0 Å². The van der Waals surface area contributed by atoms with Crippen molar-refractivity contribution in [2.75, 3.05) is 6.54 Å². The molecule has 1 fully saturated rings. The lowest BCUT2D eigenvalue weighted by Gasteiger charge is -2.28. The predicted molar refractivity (Wildman–Crippen MR) is 72.7 cm³/mol. The van der Waals surface area contributed by atoms with Crippen molar-refractivity contribution in [2.24, 2.45) is 11.8 Å². The maximum absolute atomic E-state index is 3.74. The fourth-order valence-electron chi connectivity index (χ4n) is 2.76. The Balaban J connectivity index is 1.94. The first-order chi connectivity index (χ1) is 7.72. The molecule has 1 rings (SSSR count). The molecule has 1 aliphatic rings. The summed E-state index contributed by atoms with van der Waals surface area (Å²) in [5, 5.41) is 3.74. The molecule has 0 radical (unpaired) electrons. The first-order valence-electron chi connectivity index (χ1n) is 7.45. The standard InChI is InChI=1S/C15H31N/c1-4-14-8-10-15(11-9-14)16-12-6-5-7-13(2)3/h13-16H,4-12H2,1-3H3. The second-order valence-electron chi connectivity index (χ2n) is 5.97. The summed E-state index contributed by atoms with van der Waals surface area (Å²) in [7, 11) is 0. The molecule has 0 aromatic heterocycles. The highest BCUT2D eigenvalue weighted by molar-refractivity contribution is 4.76. The molecule has 0 aliphatic heterocycles. The van der Waals surface area contributed by atoms with Gasteiger partial charge in [0.25, 0.3) is 0 Å². The molecule has 0 spiro atoms. The van der Waals surface area contributed by atoms with Gasteiger partial charge in [-0.25, -0.2) is 0 Å². The van der Waals surface area contributed by atoms with Crippen molar-refractivity contribution in [1.82, 2.24) is 5.32 Å². The quantitative estimate of drug-likeness (QED) is 0.634. The minimum absolute atomic E-state index is 0.835. The third-order valence-corrected chi connectivity index (χ3v) is 4.07. The van der Waals surface area contributed by atoms with Gasteiger partial charge in [0.1, 0.15) is 0 Å². The van der Waals surface area contributed by atoms with Crippen LogP contribution in [0.2, 0.25) is 0 Å². The Morgan fingerprint density at radius 3 is 2.31 bits per heavy atom. The number of hydrogen-bond donors (Lipinski definition) is 1. The Bertz CT molecular complexity index is 157. The van der Waals surface area contributed by atoms with E-state index in [0.717, 1.165) is 17.9 Å². The third kappa shape index (κ3) is 5.89. The highest BCUT2D eigenvalue weighted by atomic mass is 14.9. The van der Waals surface area contributed by atoms with Crippen molar-refractivity contribution in [3.05, 3.63) is 0 Å². The molecule has 1 saturated carbocycles. The topological polar surface area (TPSA) is 12.0 Å². The van der Waals surface area contributed by atoms with E-state index >= 15 is 0 Å². The van der Waals surface area contributed by atoms with Gasteiger partial charge < -0.3 is 5.32 Å². The van der Waals surface area contributed by atoms with Crippen molar-refractivity contribution in [1.29, 1.82) is 0 Å². The van der Waals surface area contributed by atoms with Gasteiger partial charge in [-0.05, 0) is 50.5 Å². The van der Waals surface area contributed by atoms with Crippen LogP contribution in [0.3, 0.4) is 0 Å². The van der Waals surface area contributed by atoms with E-state index in [-0.39, 0.29) is 0 Å². The monoisotopic (exact) mass is 225 g/mol. The van der Waals surface area contributed by atoms with Crippen LogP contribution < -0.4 is 5.32 Å². The average molecular weight is 225 g/mol. The first kappa shape index (κ1) is 14.0. The zero-order valence-electron chi connectivity index (χ0n) is 11.6. The van der Waals surface area contributed by atoms with Crippen LogP contribution in [0.4, 0.5) is 0 Å². The van der Waals surface area contributed by atoms with E-state index in [9.17, 15) is 0 Å². The van der Waals surface area contributed by atoms with E-state index in [1.54, 1.807) is 0 Å². The maximum Gasteiger partial charge on any atom is 0.00672 e. The predicted octanol–water partition coefficient (Wildman–Crippen LogP) is 4.37. The molecule has 0 saturated heterocycles. The van der Waals surface area contributed by atoms with E-state index < -0.39 is 0 Å². The van der Waals surface area contributed by atoms with Gasteiger partial charge in [-0.3, -0.25) is 0 Å². The molecular weight excluding hydrogens is 194 g/mol. The van der Waals surface area contributed by atoms with Crippen molar-refractivity contribution in [3.8, 4) is 0 Å². The minimum Gasteiger partial charge on any atom is -0.314 e. The van der Waals surface area contributed by atoms with E-state index in [1.807, 2.05) is 0 Å². The molecule has 0 amide bonds. The Hall–Kier alpha value is -0.0400. The van der Waals surface area contributed by atoms with Gasteiger partial charge in [0.05, 0.1) is 0 Å². The van der Waals surface area contributed by atoms with E-state index in [0.29, 0.717) is 0 Å². The third-order valence-electron chi connectivity index (χ3n) is 4.07. The molecular formula is C15H31N. The summed E-state index contributed by atoms with van der Waals surface area (Å²) in [5.41, 5.74) is 0. The van der Waals surface area contributed by atoms with Gasteiger partial charge in [0.2, 0.25) is 0 Å². The van der Waals surface area contributed by atoms with Crippen LogP contribution in [0.1, 0.15) is 72.1 Å². The van der Waals surface area contributed by atoms with Crippen molar-refractivity contribution >= 4 is 0 Å². The van der Waals surface area contributed by atoms with Crippen LogP contribution in [-0.2, 0) is 0 Å². The summed E-state index contributed by atoms with van der Waals surface area (Å²) in [6.45, 7) is 8.22. The Morgan fingerprint density at radius 2 is 1.75 bits per heavy atom. The largest absolute Gasteiger partial charge is 0.314 e. The van der Waals surface area contributed by atoms with E-state index in [2.05, 4.69) is 26.1 Å². The lowest BCUT2D eigenvalue weighted by Crippen LogP contribution is -2.33. The summed E-state index contributed by atoms with van der Waals surface area (Å²) < 4.78 is 0. The van der Waals surface area contributed by atoms with Crippen LogP contribution in [0, 0.1) is 11.8 Å². The summed E-state index contributed by atoms with van der Waals surface area (Å²) in [6, 6.07) is 0.835. The van der Waals surface area contributed by atoms with Gasteiger partial charge in [-0.15, -0.1) is 0 Å². The molecule has 96 valence electrons. The fraction of sp³-hybridized carbons (Fsp3) is 1.00. The molecule has 1 aliphatic carbocycles. The SMILES string of the molecule is CCC1CCC(NCCCCC(C)C)CC1. The first-order valence-corrected chi connectivity index (χ1v) is 7.45. The molecule has 0 bridgehead atoms. The average Bonchev–Trinajstić information content (AvgIpc) is 2.29. The van der Waals surface area contributed by atoms with E-state index in [1.165, 1.54) is 57.9 Å². The molecule has 1 heteroatoms. The summed E-state index contributed by atoms with van der Waals surface area (Å²) in [6.07, 6.45) is 11.3. The van der Waals surface area contributed by atoms with Crippen LogP contribution >= 0.6 is 0 Å². The second kappa shape index (κ2) is 8.11. The summed E-state index contributed by atoms with van der Waals surface area (Å²) >= 11 is 0. The Kier molecular flexibility index (Phi) is 7.11. The molecule has 0 aromatic carbocycles. The van der Waals surface area contributed by atoms with Gasteiger partial charge in [-0.1, -0.05) is 40.0 Å². The molecule has 16 heavy (non-hydrogen) atoms. The van der Waals surface area contributed by atoms with Crippen LogP contribution in [0.25, 0.3) is 0 Å². The zero-order chi connectivity index (χ0) is 11.8. The smallest absolute Gasteiger partial charge is 0.00672 e. The molecule has 0 atom stereocenters. The molecule has 1 N–H and O–H groups in total. The number of hydrogen-bond acceptors (Lipinski definition) is 1. The maximum atomic E-state index is 3.74. The second-order valence-corrected chi connectivity index (χ2v) is 5.97. The van der Waals surface area contributed by atoms with Crippen molar-refractivity contribution in [2.45, 2.75) is 78.2 Å². The number of rotatable bonds is 7. The van der Waals surface area contributed by atoms with Gasteiger partial charge in [-0.2, -0.15) is 0 Å². The number of nitrogens with one attached hydrogen (secondary N) is 1. The molecule has 1 nitrogen and oxygen atoms in total. The highest BCUT2D eigenvalue weighted by Crippen LogP contribution is 2.26. The van der Waals surface area contributed by atoms with Gasteiger partial charge in [0, 0.05) is 6.04 Å². The lowest BCUT2D eigenvalue weighted by molar-refractivity contribution is 0.285. The zero-order valence-corrected chi connectivity index (χ0v) is 11.6. The van der Waals surface area contributed by atoms with Gasteiger partial charge >= 0.3 is 0 Å². The van der Waals surface area contributed by atoms with Crippen LogP contribution in [0.15, 0.2) is 0 Å². The number of unbranched alkanes of at least 4 members (excludes halogenated alkanes) is 1. The molecule has 0 unspecified atom stereocenters. The molecule has 0 aromatic rings. The minimum atomic E-state index is 0.835. The van der Waals surface area contributed by atoms with Crippen molar-refractivity contribution in [3.63, 3.8) is 0 Å². The lowest BCUT2D eigenvalue weighted by atomic mass is 9.84.